The Morgan fingerprint density at radius 2 is 1.05 bits per heavy atom. The lowest BCUT2D eigenvalue weighted by Gasteiger charge is -2.34. The summed E-state index contributed by atoms with van der Waals surface area (Å²) in [6.45, 7) is 3.29. The number of fused-ring (bicyclic) bond motifs is 2. The first-order valence-corrected chi connectivity index (χ1v) is 21.5. The first kappa shape index (κ1) is 41.2. The summed E-state index contributed by atoms with van der Waals surface area (Å²) in [6.07, 6.45) is 8.05. The van der Waals surface area contributed by atoms with Gasteiger partial charge in [-0.1, -0.05) is 0 Å². The van der Waals surface area contributed by atoms with E-state index in [1.54, 1.807) is 12.4 Å². The van der Waals surface area contributed by atoms with Crippen LogP contribution in [0.1, 0.15) is 75.1 Å². The smallest absolute Gasteiger partial charge is 0.407 e. The summed E-state index contributed by atoms with van der Waals surface area (Å²) in [5.41, 5.74) is 3.19. The van der Waals surface area contributed by atoms with Gasteiger partial charge >= 0.3 is 12.2 Å². The van der Waals surface area contributed by atoms with Crippen molar-refractivity contribution in [1.29, 1.82) is 0 Å². The van der Waals surface area contributed by atoms with Crippen molar-refractivity contribution in [3.8, 4) is 45.5 Å². The van der Waals surface area contributed by atoms with Crippen LogP contribution in [0.4, 0.5) is 9.59 Å². The minimum Gasteiger partial charge on any atom is -0.453 e. The zero-order chi connectivity index (χ0) is 42.7. The summed E-state index contributed by atoms with van der Waals surface area (Å²) in [5.74, 6) is 3.14. The fraction of sp³-hybridized carbons (Fsp3) is 0.500. The topological polar surface area (TPSA) is 212 Å². The van der Waals surface area contributed by atoms with Gasteiger partial charge in [0.1, 0.15) is 23.7 Å². The summed E-state index contributed by atoms with van der Waals surface area (Å²) in [6, 6.07) is 9.38. The number of carbonyl (C=O) groups excluding carboxylic acids is 4. The number of methoxy groups -OCH3 is 2. The van der Waals surface area contributed by atoms with Gasteiger partial charge in [0.25, 0.3) is 0 Å². The van der Waals surface area contributed by atoms with Crippen molar-refractivity contribution in [3.05, 3.63) is 60.4 Å². The Hall–Kier alpha value is -6.14. The third-order valence-corrected chi connectivity index (χ3v) is 12.8. The molecule has 328 valence electrons. The number of nitrogens with one attached hydrogen (secondary N) is 4. The molecule has 9 rings (SSSR count). The predicted molar refractivity (Wildman–Crippen MR) is 221 cm³/mol. The molecule has 0 bridgehead atoms. The Morgan fingerprint density at radius 1 is 0.629 bits per heavy atom. The lowest BCUT2D eigenvalue weighted by Crippen LogP contribution is -2.53. The number of likely N-dealkylation sites (tertiary alicyclic amines) is 2. The van der Waals surface area contributed by atoms with E-state index in [9.17, 15) is 19.2 Å². The number of H-pyrrole nitrogens is 2. The second kappa shape index (κ2) is 18.1. The number of ether oxygens (including phenoxy) is 6. The normalized spacial score (nSPS) is 21.2. The Labute approximate surface area is 358 Å². The minimum atomic E-state index is -0.713. The van der Waals surface area contributed by atoms with E-state index in [-0.39, 0.29) is 35.7 Å². The van der Waals surface area contributed by atoms with E-state index in [0.29, 0.717) is 99.8 Å². The highest BCUT2D eigenvalue weighted by Crippen LogP contribution is 2.48. The standard InChI is InChI=1S/C44H52N8O10/c1-57-43(55)49-37(25-11-17-59-18-12-25)41(53)51-15-3-5-31(51)39-45-23-29(47-39)27-7-9-33-35(21-27)61-34-10-8-28(22-36(34)62-33)30-24-46-40(48-30)32-6-4-16-52(32)42(54)38(50-44(56)58-2)26-13-19-60-20-14-26/h7-10,21-26,31-32,37-38H,3-6,11-20H2,1-2H3,(H,45,47)(H,46,48)(H,49,55)(H,50,56)/t31-,32-,37-,38-/m0/s1. The number of imidazole rings is 2. The number of carbonyl (C=O) groups is 4. The molecule has 4 saturated heterocycles. The predicted octanol–water partition coefficient (Wildman–Crippen LogP) is 5.99. The van der Waals surface area contributed by atoms with Crippen molar-refractivity contribution in [2.75, 3.05) is 53.7 Å². The van der Waals surface area contributed by atoms with Crippen LogP contribution in [0.5, 0.6) is 23.0 Å². The van der Waals surface area contributed by atoms with Gasteiger partial charge in [0, 0.05) is 50.6 Å². The summed E-state index contributed by atoms with van der Waals surface area (Å²) in [5, 5.41) is 5.60. The molecule has 18 heteroatoms. The van der Waals surface area contributed by atoms with Crippen LogP contribution < -0.4 is 20.1 Å². The molecule has 0 aliphatic carbocycles. The van der Waals surface area contributed by atoms with Crippen molar-refractivity contribution >= 4 is 24.0 Å². The number of rotatable bonds is 10. The van der Waals surface area contributed by atoms with Gasteiger partial charge in [-0.3, -0.25) is 9.59 Å². The molecule has 62 heavy (non-hydrogen) atoms. The summed E-state index contributed by atoms with van der Waals surface area (Å²) >= 11 is 0. The summed E-state index contributed by atoms with van der Waals surface area (Å²) in [4.78, 5) is 72.6. The fourth-order valence-corrected chi connectivity index (χ4v) is 9.44. The molecular formula is C44H52N8O10. The van der Waals surface area contributed by atoms with Crippen molar-refractivity contribution in [2.45, 2.75) is 75.5 Å². The monoisotopic (exact) mass is 852 g/mol. The molecule has 4 atom stereocenters. The van der Waals surface area contributed by atoms with Crippen LogP contribution in [-0.4, -0.2) is 120 Å². The fourth-order valence-electron chi connectivity index (χ4n) is 9.44. The zero-order valence-electron chi connectivity index (χ0n) is 34.9. The quantitative estimate of drug-likeness (QED) is 0.128. The third kappa shape index (κ3) is 8.40. The van der Waals surface area contributed by atoms with E-state index in [1.807, 2.05) is 46.2 Å². The molecule has 0 radical (unpaired) electrons. The number of benzene rings is 2. The zero-order valence-corrected chi connectivity index (χ0v) is 34.9. The van der Waals surface area contributed by atoms with Crippen LogP contribution in [0.15, 0.2) is 48.8 Å². The third-order valence-electron chi connectivity index (χ3n) is 12.8. The lowest BCUT2D eigenvalue weighted by molar-refractivity contribution is -0.137. The van der Waals surface area contributed by atoms with Crippen molar-refractivity contribution in [1.82, 2.24) is 40.4 Å². The number of alkyl carbamates (subject to hydrolysis) is 2. The average molecular weight is 853 g/mol. The van der Waals surface area contributed by atoms with Crippen molar-refractivity contribution in [3.63, 3.8) is 0 Å². The van der Waals surface area contributed by atoms with Crippen LogP contribution in [0.2, 0.25) is 0 Å². The van der Waals surface area contributed by atoms with E-state index in [0.717, 1.165) is 48.2 Å². The number of nitrogens with zero attached hydrogens (tertiary/aromatic N) is 4. The molecule has 0 spiro atoms. The average Bonchev–Trinajstić information content (AvgIpc) is 4.16. The van der Waals surface area contributed by atoms with Gasteiger partial charge in [0.05, 0.1) is 50.1 Å². The summed E-state index contributed by atoms with van der Waals surface area (Å²) < 4.78 is 33.5. The molecule has 2 aromatic carbocycles. The van der Waals surface area contributed by atoms with Crippen LogP contribution >= 0.6 is 0 Å². The molecule has 4 N–H and O–H groups in total. The van der Waals surface area contributed by atoms with E-state index in [2.05, 4.69) is 20.6 Å². The minimum absolute atomic E-state index is 0.0519. The highest BCUT2D eigenvalue weighted by atomic mass is 16.6. The molecule has 4 aromatic rings. The van der Waals surface area contributed by atoms with E-state index in [4.69, 9.17) is 38.4 Å². The van der Waals surface area contributed by atoms with Crippen LogP contribution in [0, 0.1) is 11.8 Å². The molecule has 4 amide bonds. The highest BCUT2D eigenvalue weighted by molar-refractivity contribution is 5.87. The molecular weight excluding hydrogens is 801 g/mol. The maximum absolute atomic E-state index is 14.0. The van der Waals surface area contributed by atoms with Gasteiger partial charge in [-0.05, 0) is 99.6 Å². The first-order chi connectivity index (χ1) is 30.3. The van der Waals surface area contributed by atoms with Gasteiger partial charge in [0.15, 0.2) is 23.0 Å². The Kier molecular flexibility index (Phi) is 12.0. The number of hydrogen-bond acceptors (Lipinski definition) is 12. The molecule has 0 saturated carbocycles. The van der Waals surface area contributed by atoms with Crippen molar-refractivity contribution in [2.24, 2.45) is 11.8 Å². The molecule has 7 heterocycles. The van der Waals surface area contributed by atoms with E-state index < -0.39 is 24.3 Å². The summed E-state index contributed by atoms with van der Waals surface area (Å²) in [7, 11) is 2.59. The van der Waals surface area contributed by atoms with Gasteiger partial charge in [0.2, 0.25) is 11.8 Å². The molecule has 2 aromatic heterocycles. The molecule has 5 aliphatic rings. The Morgan fingerprint density at radius 3 is 1.45 bits per heavy atom. The maximum atomic E-state index is 14.0. The number of aromatic nitrogens is 4. The number of aromatic amines is 2. The van der Waals surface area contributed by atoms with E-state index >= 15 is 0 Å². The van der Waals surface area contributed by atoms with Gasteiger partial charge in [-0.25, -0.2) is 19.6 Å². The van der Waals surface area contributed by atoms with Crippen LogP contribution in [0.25, 0.3) is 22.5 Å². The maximum Gasteiger partial charge on any atom is 0.407 e. The van der Waals surface area contributed by atoms with Crippen LogP contribution in [0.3, 0.4) is 0 Å². The second-order valence-electron chi connectivity index (χ2n) is 16.4. The molecule has 0 unspecified atom stereocenters. The number of hydrogen-bond donors (Lipinski definition) is 4. The van der Waals surface area contributed by atoms with Gasteiger partial charge in [-0.15, -0.1) is 0 Å². The van der Waals surface area contributed by atoms with Crippen LogP contribution in [-0.2, 0) is 28.5 Å². The molecule has 4 fully saturated rings. The van der Waals surface area contributed by atoms with Gasteiger partial charge in [-0.2, -0.15) is 0 Å². The number of amides is 4. The van der Waals surface area contributed by atoms with Crippen molar-refractivity contribution < 1.29 is 47.6 Å². The first-order valence-electron chi connectivity index (χ1n) is 21.5. The highest BCUT2D eigenvalue weighted by Gasteiger charge is 2.42. The van der Waals surface area contributed by atoms with Gasteiger partial charge < -0.3 is 58.8 Å². The largest absolute Gasteiger partial charge is 0.453 e. The Bertz CT molecular complexity index is 2130. The molecule has 18 nitrogen and oxygen atoms in total. The second-order valence-corrected chi connectivity index (χ2v) is 16.4. The van der Waals surface area contributed by atoms with E-state index in [1.165, 1.54) is 14.2 Å². The Balaban J connectivity index is 0.871. The molecule has 5 aliphatic heterocycles. The SMILES string of the molecule is COC(=O)N[C@H](C(=O)N1CCC[C@H]1c1ncc(-c2ccc3c(c2)Oc2ccc(-c4cnc([C@@H]5CCCN5C(=O)[C@@H](NC(=O)OC)C5CCOCC5)[nH]4)cc2O3)[nH]1)C1CCOCC1. The lowest BCUT2D eigenvalue weighted by atomic mass is 9.90.